The van der Waals surface area contributed by atoms with Crippen LogP contribution in [0, 0.1) is 6.92 Å². The second-order valence-electron chi connectivity index (χ2n) is 10.3. The molecule has 3 aromatic carbocycles. The molecule has 7 nitrogen and oxygen atoms in total. The highest BCUT2D eigenvalue weighted by Gasteiger charge is 2.52. The summed E-state index contributed by atoms with van der Waals surface area (Å²) in [4.78, 5) is 19.3. The number of ether oxygens (including phenoxy) is 1. The normalized spacial score (nSPS) is 13.4. The van der Waals surface area contributed by atoms with E-state index >= 15 is 0 Å². The maximum absolute atomic E-state index is 12.5. The first-order chi connectivity index (χ1) is 20.0. The molecule has 0 spiro atoms. The Labute approximate surface area is 239 Å². The van der Waals surface area contributed by atoms with E-state index in [-0.39, 0.29) is 5.97 Å². The molecule has 1 N–H and O–H groups in total. The first-order valence-corrected chi connectivity index (χ1v) is 13.9. The van der Waals surface area contributed by atoms with E-state index in [1.165, 1.54) is 0 Å². The molecule has 7 heteroatoms. The van der Waals surface area contributed by atoms with E-state index in [1.807, 2.05) is 86.5 Å². The first kappa shape index (κ1) is 26.3. The van der Waals surface area contributed by atoms with Gasteiger partial charge >= 0.3 is 5.97 Å². The number of aromatic nitrogens is 2. The van der Waals surface area contributed by atoms with Gasteiger partial charge in [-0.1, -0.05) is 78.0 Å². The lowest BCUT2D eigenvalue weighted by Gasteiger charge is -2.19. The molecule has 41 heavy (non-hydrogen) atoms. The number of benzene rings is 3. The molecule has 0 bridgehead atoms. The van der Waals surface area contributed by atoms with Crippen molar-refractivity contribution in [2.24, 2.45) is 0 Å². The molecule has 2 aromatic heterocycles. The molecule has 2 heterocycles. The van der Waals surface area contributed by atoms with Crippen molar-refractivity contribution in [2.45, 2.75) is 32.1 Å². The van der Waals surface area contributed by atoms with Crippen LogP contribution in [0.5, 0.6) is 0 Å². The van der Waals surface area contributed by atoms with Gasteiger partial charge in [-0.15, -0.1) is 0 Å². The van der Waals surface area contributed by atoms with Gasteiger partial charge < -0.3 is 19.5 Å². The maximum Gasteiger partial charge on any atom is 0.316 e. The Kier molecular flexibility index (Phi) is 7.01. The second-order valence-corrected chi connectivity index (χ2v) is 10.3. The molecule has 1 aliphatic rings. The third kappa shape index (κ3) is 5.18. The molecule has 206 valence electrons. The molecule has 0 radical (unpaired) electrons. The second kappa shape index (κ2) is 10.9. The molecular formula is C34H32N4O3. The predicted molar refractivity (Wildman–Crippen MR) is 162 cm³/mol. The lowest BCUT2D eigenvalue weighted by Crippen LogP contribution is -2.23. The number of nitrogens with one attached hydrogen (secondary N) is 1. The smallest absolute Gasteiger partial charge is 0.316 e. The first-order valence-electron chi connectivity index (χ1n) is 13.9. The Bertz CT molecular complexity index is 1660. The fourth-order valence-corrected chi connectivity index (χ4v) is 5.11. The Morgan fingerprint density at radius 2 is 1.56 bits per heavy atom. The van der Waals surface area contributed by atoms with Gasteiger partial charge in [-0.05, 0) is 67.6 Å². The van der Waals surface area contributed by atoms with Crippen molar-refractivity contribution in [1.82, 2.24) is 10.1 Å². The quantitative estimate of drug-likeness (QED) is 0.190. The summed E-state index contributed by atoms with van der Waals surface area (Å²) in [6, 6.07) is 32.4. The number of esters is 1. The fourth-order valence-electron chi connectivity index (χ4n) is 5.11. The van der Waals surface area contributed by atoms with Crippen LogP contribution < -0.4 is 10.2 Å². The van der Waals surface area contributed by atoms with Crippen LogP contribution in [0.3, 0.4) is 0 Å². The monoisotopic (exact) mass is 544 g/mol. The van der Waals surface area contributed by atoms with E-state index in [4.69, 9.17) is 14.2 Å². The highest BCUT2D eigenvalue weighted by molar-refractivity contribution is 5.87. The predicted octanol–water partition coefficient (Wildman–Crippen LogP) is 7.82. The average Bonchev–Trinajstić information content (AvgIpc) is 3.76. The minimum Gasteiger partial charge on any atom is -0.465 e. The number of para-hydroxylation sites is 1. The number of aryl methyl sites for hydroxylation is 1. The van der Waals surface area contributed by atoms with Gasteiger partial charge in [-0.2, -0.15) is 0 Å². The summed E-state index contributed by atoms with van der Waals surface area (Å²) in [6.45, 7) is 4.16. The van der Waals surface area contributed by atoms with Crippen molar-refractivity contribution in [3.63, 3.8) is 0 Å². The molecule has 1 aliphatic carbocycles. The van der Waals surface area contributed by atoms with Gasteiger partial charge in [0.2, 0.25) is 0 Å². The van der Waals surface area contributed by atoms with E-state index < -0.39 is 5.41 Å². The Hall–Kier alpha value is -4.91. The third-order valence-corrected chi connectivity index (χ3v) is 7.67. The SMILES string of the molecule is CCOC(=O)C1(c2ccc(-c3ccc(-c4onc(C)c4Nc4cccc(N(C)c5ccccc5)n4)cc3)cc2)CC1. The van der Waals surface area contributed by atoms with Gasteiger partial charge in [0.15, 0.2) is 5.76 Å². The Morgan fingerprint density at radius 1 is 0.902 bits per heavy atom. The molecule has 0 unspecified atom stereocenters. The number of nitrogens with zero attached hydrogens (tertiary/aromatic N) is 3. The van der Waals surface area contributed by atoms with Crippen LogP contribution in [0.15, 0.2) is 102 Å². The number of rotatable bonds is 9. The molecule has 0 saturated heterocycles. The van der Waals surface area contributed by atoms with Gasteiger partial charge in [-0.25, -0.2) is 4.98 Å². The number of carbonyl (C=O) groups excluding carboxylic acids is 1. The molecule has 5 aromatic rings. The summed E-state index contributed by atoms with van der Waals surface area (Å²) in [7, 11) is 2.00. The molecular weight excluding hydrogens is 512 g/mol. The molecule has 1 saturated carbocycles. The summed E-state index contributed by atoms with van der Waals surface area (Å²) in [5.74, 6) is 2.06. The van der Waals surface area contributed by atoms with E-state index in [0.717, 1.165) is 58.0 Å². The van der Waals surface area contributed by atoms with Crippen LogP contribution in [0.2, 0.25) is 0 Å². The average molecular weight is 545 g/mol. The van der Waals surface area contributed by atoms with Crippen LogP contribution >= 0.6 is 0 Å². The van der Waals surface area contributed by atoms with E-state index in [0.29, 0.717) is 18.2 Å². The zero-order valence-corrected chi connectivity index (χ0v) is 23.4. The van der Waals surface area contributed by atoms with Crippen molar-refractivity contribution >= 4 is 29.0 Å². The highest BCUT2D eigenvalue weighted by Crippen LogP contribution is 2.49. The van der Waals surface area contributed by atoms with Crippen LogP contribution in [-0.2, 0) is 14.9 Å². The summed E-state index contributed by atoms with van der Waals surface area (Å²) in [5.41, 5.74) is 6.21. The molecule has 6 rings (SSSR count). The highest BCUT2D eigenvalue weighted by atomic mass is 16.5. The van der Waals surface area contributed by atoms with E-state index in [9.17, 15) is 4.79 Å². The lowest BCUT2D eigenvalue weighted by atomic mass is 9.93. The van der Waals surface area contributed by atoms with E-state index in [2.05, 4.69) is 46.9 Å². The Balaban J connectivity index is 1.20. The van der Waals surface area contributed by atoms with Gasteiger partial charge in [0.1, 0.15) is 23.0 Å². The van der Waals surface area contributed by atoms with Crippen molar-refractivity contribution < 1.29 is 14.1 Å². The molecule has 0 amide bonds. The standard InChI is InChI=1S/C34H32N4O3/c1-4-40-33(39)34(21-22-34)27-19-17-25(18-20-27)24-13-15-26(16-14-24)32-31(23(2)37-41-32)36-29-11-8-12-30(35-29)38(3)28-9-6-5-7-10-28/h5-20H,4,21-22H2,1-3H3,(H,35,36). The number of hydrogen-bond acceptors (Lipinski definition) is 7. The van der Waals surface area contributed by atoms with Crippen molar-refractivity contribution in [2.75, 3.05) is 23.9 Å². The van der Waals surface area contributed by atoms with Crippen molar-refractivity contribution in [3.05, 3.63) is 108 Å². The van der Waals surface area contributed by atoms with Crippen LogP contribution in [0.25, 0.3) is 22.5 Å². The Morgan fingerprint density at radius 3 is 2.22 bits per heavy atom. The minimum atomic E-state index is -0.461. The topological polar surface area (TPSA) is 80.5 Å². The summed E-state index contributed by atoms with van der Waals surface area (Å²) in [6.07, 6.45) is 1.69. The summed E-state index contributed by atoms with van der Waals surface area (Å²) < 4.78 is 11.1. The lowest BCUT2D eigenvalue weighted by molar-refractivity contribution is -0.146. The third-order valence-electron chi connectivity index (χ3n) is 7.67. The van der Waals surface area contributed by atoms with Crippen LogP contribution in [0.1, 0.15) is 31.0 Å². The van der Waals surface area contributed by atoms with E-state index in [1.54, 1.807) is 0 Å². The largest absolute Gasteiger partial charge is 0.465 e. The van der Waals surface area contributed by atoms with Crippen LogP contribution in [-0.4, -0.2) is 29.8 Å². The summed E-state index contributed by atoms with van der Waals surface area (Å²) >= 11 is 0. The van der Waals surface area contributed by atoms with Gasteiger partial charge in [0.05, 0.1) is 12.0 Å². The minimum absolute atomic E-state index is 0.117. The summed E-state index contributed by atoms with van der Waals surface area (Å²) in [5, 5.41) is 7.65. The van der Waals surface area contributed by atoms with Gasteiger partial charge in [0, 0.05) is 18.3 Å². The number of pyridine rings is 1. The fraction of sp³-hybridized carbons (Fsp3) is 0.206. The molecule has 0 atom stereocenters. The maximum atomic E-state index is 12.5. The number of carbonyl (C=O) groups is 1. The zero-order chi connectivity index (χ0) is 28.4. The van der Waals surface area contributed by atoms with Gasteiger partial charge in [-0.3, -0.25) is 4.79 Å². The van der Waals surface area contributed by atoms with Crippen LogP contribution in [0.4, 0.5) is 23.0 Å². The van der Waals surface area contributed by atoms with Crippen molar-refractivity contribution in [3.8, 4) is 22.5 Å². The molecule has 0 aliphatic heterocycles. The number of anilines is 4. The van der Waals surface area contributed by atoms with Crippen molar-refractivity contribution in [1.29, 1.82) is 0 Å². The number of hydrogen-bond donors (Lipinski definition) is 1. The van der Waals surface area contributed by atoms with Gasteiger partial charge in [0.25, 0.3) is 0 Å². The zero-order valence-electron chi connectivity index (χ0n) is 23.4. The molecule has 1 fully saturated rings.